The van der Waals surface area contributed by atoms with E-state index in [1.165, 1.54) is 16.2 Å². The predicted molar refractivity (Wildman–Crippen MR) is 80.3 cm³/mol. The molecule has 112 valence electrons. The molecule has 0 fully saturated rings. The number of rotatable bonds is 5. The molecule has 2 N–H and O–H groups in total. The second kappa shape index (κ2) is 5.86. The highest BCUT2D eigenvalue weighted by Gasteiger charge is 2.27. The SMILES string of the molecule is CC(C)(CC(=O)O)CC(=O)Nc1sc2c(c1C#N)CCC2. The number of amides is 1. The van der Waals surface area contributed by atoms with Crippen LogP contribution in [0.2, 0.25) is 0 Å². The van der Waals surface area contributed by atoms with Crippen LogP contribution in [0.5, 0.6) is 0 Å². The molecule has 0 aromatic carbocycles. The Balaban J connectivity index is 2.07. The Hall–Kier alpha value is -1.87. The molecule has 0 aliphatic heterocycles. The molecule has 0 saturated carbocycles. The third-order valence-electron chi connectivity index (χ3n) is 3.55. The van der Waals surface area contributed by atoms with Crippen LogP contribution in [0.4, 0.5) is 5.00 Å². The van der Waals surface area contributed by atoms with Gasteiger partial charge in [-0.25, -0.2) is 0 Å². The van der Waals surface area contributed by atoms with Gasteiger partial charge in [0.05, 0.1) is 12.0 Å². The molecule has 1 amide bonds. The van der Waals surface area contributed by atoms with Crippen LogP contribution in [0.1, 0.15) is 49.1 Å². The summed E-state index contributed by atoms with van der Waals surface area (Å²) >= 11 is 1.47. The molecule has 6 heteroatoms. The minimum atomic E-state index is -0.916. The molecule has 0 radical (unpaired) electrons. The molecule has 2 rings (SSSR count). The fourth-order valence-electron chi connectivity index (χ4n) is 2.69. The van der Waals surface area contributed by atoms with Crippen LogP contribution in [0, 0.1) is 16.7 Å². The number of fused-ring (bicyclic) bond motifs is 1. The van der Waals surface area contributed by atoms with Crippen molar-refractivity contribution in [3.63, 3.8) is 0 Å². The van der Waals surface area contributed by atoms with Gasteiger partial charge in [0.25, 0.3) is 0 Å². The lowest BCUT2D eigenvalue weighted by Gasteiger charge is -2.21. The molecule has 1 aliphatic rings. The van der Waals surface area contributed by atoms with E-state index in [2.05, 4.69) is 11.4 Å². The van der Waals surface area contributed by atoms with Crippen LogP contribution < -0.4 is 5.32 Å². The van der Waals surface area contributed by atoms with E-state index < -0.39 is 11.4 Å². The number of carbonyl (C=O) groups is 2. The summed E-state index contributed by atoms with van der Waals surface area (Å²) < 4.78 is 0. The van der Waals surface area contributed by atoms with Gasteiger partial charge in [0.15, 0.2) is 0 Å². The van der Waals surface area contributed by atoms with E-state index in [4.69, 9.17) is 5.11 Å². The van der Waals surface area contributed by atoms with Crippen LogP contribution in [-0.4, -0.2) is 17.0 Å². The van der Waals surface area contributed by atoms with Crippen LogP contribution in [-0.2, 0) is 22.4 Å². The molecule has 0 unspecified atom stereocenters. The number of thiophene rings is 1. The van der Waals surface area contributed by atoms with Gasteiger partial charge < -0.3 is 10.4 Å². The normalized spacial score (nSPS) is 13.6. The molecule has 0 spiro atoms. The van der Waals surface area contributed by atoms with Crippen molar-refractivity contribution in [3.05, 3.63) is 16.0 Å². The zero-order valence-corrected chi connectivity index (χ0v) is 13.0. The first-order valence-corrected chi connectivity index (χ1v) is 7.70. The lowest BCUT2D eigenvalue weighted by atomic mass is 9.85. The fraction of sp³-hybridized carbons (Fsp3) is 0.533. The predicted octanol–water partition coefficient (Wildman–Crippen LogP) is 2.94. The quantitative estimate of drug-likeness (QED) is 0.875. The molecular weight excluding hydrogens is 288 g/mol. The maximum Gasteiger partial charge on any atom is 0.303 e. The fourth-order valence-corrected chi connectivity index (χ4v) is 3.94. The van der Waals surface area contributed by atoms with Crippen molar-refractivity contribution in [1.29, 1.82) is 5.26 Å². The zero-order chi connectivity index (χ0) is 15.6. The third kappa shape index (κ3) is 3.61. The van der Waals surface area contributed by atoms with Crippen molar-refractivity contribution in [2.45, 2.75) is 46.0 Å². The largest absolute Gasteiger partial charge is 0.481 e. The van der Waals surface area contributed by atoms with Crippen molar-refractivity contribution in [2.75, 3.05) is 5.32 Å². The summed E-state index contributed by atoms with van der Waals surface area (Å²) in [4.78, 5) is 24.1. The van der Waals surface area contributed by atoms with Crippen molar-refractivity contribution >= 4 is 28.2 Å². The minimum absolute atomic E-state index is 0.0630. The molecule has 0 saturated heterocycles. The molecule has 1 aromatic rings. The number of anilines is 1. The van der Waals surface area contributed by atoms with Gasteiger partial charge in [-0.1, -0.05) is 13.8 Å². The van der Waals surface area contributed by atoms with Crippen molar-refractivity contribution in [1.82, 2.24) is 0 Å². The molecule has 1 heterocycles. The van der Waals surface area contributed by atoms with Crippen LogP contribution >= 0.6 is 11.3 Å². The number of carboxylic acid groups (broad SMARTS) is 1. The molecule has 21 heavy (non-hydrogen) atoms. The van der Waals surface area contributed by atoms with Crippen molar-refractivity contribution in [2.24, 2.45) is 5.41 Å². The summed E-state index contributed by atoms with van der Waals surface area (Å²) in [5, 5.41) is 21.5. The monoisotopic (exact) mass is 306 g/mol. The molecule has 1 aromatic heterocycles. The Kier molecular flexibility index (Phi) is 4.33. The van der Waals surface area contributed by atoms with Crippen molar-refractivity contribution in [3.8, 4) is 6.07 Å². The molecule has 5 nitrogen and oxygen atoms in total. The highest BCUT2D eigenvalue weighted by Crippen LogP contribution is 2.39. The third-order valence-corrected chi connectivity index (χ3v) is 4.76. The Morgan fingerprint density at radius 1 is 1.38 bits per heavy atom. The summed E-state index contributed by atoms with van der Waals surface area (Å²) in [5.74, 6) is -1.15. The lowest BCUT2D eigenvalue weighted by Crippen LogP contribution is -2.24. The molecule has 0 bridgehead atoms. The number of hydrogen-bond donors (Lipinski definition) is 2. The van der Waals surface area contributed by atoms with E-state index in [-0.39, 0.29) is 18.7 Å². The average molecular weight is 306 g/mol. The summed E-state index contributed by atoms with van der Waals surface area (Å²) in [5.41, 5.74) is 1.04. The summed E-state index contributed by atoms with van der Waals surface area (Å²) in [7, 11) is 0. The van der Waals surface area contributed by atoms with Crippen molar-refractivity contribution < 1.29 is 14.7 Å². The number of hydrogen-bond acceptors (Lipinski definition) is 4. The van der Waals surface area contributed by atoms with E-state index in [9.17, 15) is 14.9 Å². The van der Waals surface area contributed by atoms with Gasteiger partial charge in [0, 0.05) is 11.3 Å². The Bertz CT molecular complexity index is 626. The van der Waals surface area contributed by atoms with Crippen LogP contribution in [0.3, 0.4) is 0 Å². The van der Waals surface area contributed by atoms with E-state index in [0.717, 1.165) is 24.8 Å². The summed E-state index contributed by atoms with van der Waals surface area (Å²) in [6.07, 6.45) is 2.99. The second-order valence-corrected chi connectivity index (χ2v) is 7.24. The number of carboxylic acids is 1. The lowest BCUT2D eigenvalue weighted by molar-refractivity contribution is -0.139. The van der Waals surface area contributed by atoms with E-state index in [0.29, 0.717) is 10.6 Å². The van der Waals surface area contributed by atoms with Gasteiger partial charge in [-0.3, -0.25) is 9.59 Å². The van der Waals surface area contributed by atoms with Gasteiger partial charge in [-0.05, 0) is 30.2 Å². The smallest absolute Gasteiger partial charge is 0.303 e. The summed E-state index contributed by atoms with van der Waals surface area (Å²) in [6, 6.07) is 2.18. The minimum Gasteiger partial charge on any atom is -0.481 e. The molecular formula is C15H18N2O3S. The Labute approximate surface area is 127 Å². The zero-order valence-electron chi connectivity index (χ0n) is 12.2. The standard InChI is InChI=1S/C15H18N2O3S/c1-15(2,7-13(19)20)6-12(18)17-14-10(8-16)9-4-3-5-11(9)21-14/h3-7H2,1-2H3,(H,17,18)(H,19,20). The van der Waals surface area contributed by atoms with Gasteiger partial charge in [-0.2, -0.15) is 5.26 Å². The maximum absolute atomic E-state index is 12.1. The van der Waals surface area contributed by atoms with E-state index in [1.54, 1.807) is 13.8 Å². The second-order valence-electron chi connectivity index (χ2n) is 6.13. The first-order valence-electron chi connectivity index (χ1n) is 6.89. The number of aryl methyl sites for hydroxylation is 1. The van der Waals surface area contributed by atoms with E-state index >= 15 is 0 Å². The first-order chi connectivity index (χ1) is 9.82. The maximum atomic E-state index is 12.1. The average Bonchev–Trinajstić information content (AvgIpc) is 2.85. The Morgan fingerprint density at radius 3 is 2.71 bits per heavy atom. The highest BCUT2D eigenvalue weighted by molar-refractivity contribution is 7.16. The van der Waals surface area contributed by atoms with Crippen LogP contribution in [0.25, 0.3) is 0 Å². The first kappa shape index (κ1) is 15.5. The van der Waals surface area contributed by atoms with Gasteiger partial charge in [0.1, 0.15) is 11.1 Å². The number of carbonyl (C=O) groups excluding carboxylic acids is 1. The number of nitrogens with one attached hydrogen (secondary N) is 1. The van der Waals surface area contributed by atoms with Gasteiger partial charge >= 0.3 is 5.97 Å². The van der Waals surface area contributed by atoms with Crippen LogP contribution in [0.15, 0.2) is 0 Å². The number of aliphatic carboxylic acids is 1. The molecule has 1 aliphatic carbocycles. The number of nitrogens with zero attached hydrogens (tertiary/aromatic N) is 1. The highest BCUT2D eigenvalue weighted by atomic mass is 32.1. The van der Waals surface area contributed by atoms with Gasteiger partial charge in [-0.15, -0.1) is 11.3 Å². The molecule has 0 atom stereocenters. The van der Waals surface area contributed by atoms with Gasteiger partial charge in [0.2, 0.25) is 5.91 Å². The Morgan fingerprint density at radius 2 is 2.10 bits per heavy atom. The van der Waals surface area contributed by atoms with E-state index in [1.807, 2.05) is 0 Å². The number of nitriles is 1. The summed E-state index contributed by atoms with van der Waals surface area (Å²) in [6.45, 7) is 3.50. The topological polar surface area (TPSA) is 90.2 Å².